The Kier molecular flexibility index (Phi) is 2.71. The lowest BCUT2D eigenvalue weighted by Crippen LogP contribution is -1.88. The standard InChI is InChI=1S/C10H11NO/c1-8-9(5-3-7-11)4-2-6-10(8)12/h2,4,6,12H,3,5H2,1H3. The van der Waals surface area contributed by atoms with Gasteiger partial charge in [0.05, 0.1) is 6.07 Å². The zero-order valence-corrected chi connectivity index (χ0v) is 7.04. The first kappa shape index (κ1) is 8.61. The number of hydrogen-bond acceptors (Lipinski definition) is 2. The van der Waals surface area contributed by atoms with Gasteiger partial charge in [0, 0.05) is 6.42 Å². The molecule has 1 rings (SSSR count). The summed E-state index contributed by atoms with van der Waals surface area (Å²) in [5.74, 6) is 0.311. The summed E-state index contributed by atoms with van der Waals surface area (Å²) in [6.45, 7) is 1.86. The van der Waals surface area contributed by atoms with Crippen molar-refractivity contribution in [3.05, 3.63) is 29.3 Å². The van der Waals surface area contributed by atoms with Gasteiger partial charge < -0.3 is 5.11 Å². The van der Waals surface area contributed by atoms with Crippen molar-refractivity contribution in [1.29, 1.82) is 5.26 Å². The quantitative estimate of drug-likeness (QED) is 0.722. The van der Waals surface area contributed by atoms with Gasteiger partial charge in [-0.1, -0.05) is 12.1 Å². The first-order valence-electron chi connectivity index (χ1n) is 3.90. The van der Waals surface area contributed by atoms with E-state index in [0.29, 0.717) is 12.2 Å². The van der Waals surface area contributed by atoms with Crippen LogP contribution in [0.3, 0.4) is 0 Å². The summed E-state index contributed by atoms with van der Waals surface area (Å²) in [5, 5.41) is 17.7. The number of nitriles is 1. The maximum atomic E-state index is 9.32. The molecule has 0 saturated carbocycles. The van der Waals surface area contributed by atoms with Crippen molar-refractivity contribution in [3.63, 3.8) is 0 Å². The Morgan fingerprint density at radius 1 is 1.50 bits per heavy atom. The van der Waals surface area contributed by atoms with Gasteiger partial charge in [-0.3, -0.25) is 0 Å². The van der Waals surface area contributed by atoms with Gasteiger partial charge in [0.1, 0.15) is 5.75 Å². The average molecular weight is 161 g/mol. The highest BCUT2D eigenvalue weighted by molar-refractivity contribution is 5.38. The number of rotatable bonds is 2. The molecule has 1 aromatic rings. The molecule has 62 valence electrons. The molecule has 0 radical (unpaired) electrons. The number of phenols is 1. The molecule has 2 heteroatoms. The van der Waals surface area contributed by atoms with Crippen LogP contribution in [0.4, 0.5) is 0 Å². The molecule has 0 atom stereocenters. The Bertz CT molecular complexity index is 312. The molecule has 0 aliphatic rings. The fraction of sp³-hybridized carbons (Fsp3) is 0.300. The van der Waals surface area contributed by atoms with Crippen LogP contribution in [0.2, 0.25) is 0 Å². The number of benzene rings is 1. The van der Waals surface area contributed by atoms with Crippen molar-refractivity contribution in [3.8, 4) is 11.8 Å². The molecule has 0 aliphatic heterocycles. The van der Waals surface area contributed by atoms with E-state index in [9.17, 15) is 5.11 Å². The van der Waals surface area contributed by atoms with Crippen molar-refractivity contribution >= 4 is 0 Å². The summed E-state index contributed by atoms with van der Waals surface area (Å²) in [6.07, 6.45) is 1.22. The largest absolute Gasteiger partial charge is 0.508 e. The molecule has 2 nitrogen and oxygen atoms in total. The Morgan fingerprint density at radius 2 is 2.25 bits per heavy atom. The Hall–Kier alpha value is -1.49. The van der Waals surface area contributed by atoms with Crippen LogP contribution >= 0.6 is 0 Å². The molecule has 0 heterocycles. The van der Waals surface area contributed by atoms with Crippen LogP contribution in [0, 0.1) is 18.3 Å². The third-order valence-corrected chi connectivity index (χ3v) is 1.92. The minimum atomic E-state index is 0.311. The van der Waals surface area contributed by atoms with Crippen LogP contribution in [0.5, 0.6) is 5.75 Å². The van der Waals surface area contributed by atoms with Crippen molar-refractivity contribution in [2.24, 2.45) is 0 Å². The zero-order valence-electron chi connectivity index (χ0n) is 7.04. The van der Waals surface area contributed by atoms with Crippen molar-refractivity contribution in [2.75, 3.05) is 0 Å². The lowest BCUT2D eigenvalue weighted by molar-refractivity contribution is 0.470. The van der Waals surface area contributed by atoms with Crippen LogP contribution in [0.1, 0.15) is 17.5 Å². The highest BCUT2D eigenvalue weighted by Crippen LogP contribution is 2.20. The van der Waals surface area contributed by atoms with Crippen LogP contribution in [-0.2, 0) is 6.42 Å². The Labute approximate surface area is 72.1 Å². The lowest BCUT2D eigenvalue weighted by atomic mass is 10.0. The van der Waals surface area contributed by atoms with Gasteiger partial charge in [-0.05, 0) is 30.5 Å². The lowest BCUT2D eigenvalue weighted by Gasteiger charge is -2.04. The number of aryl methyl sites for hydroxylation is 1. The predicted molar refractivity (Wildman–Crippen MR) is 46.8 cm³/mol. The Balaban J connectivity index is 2.86. The van der Waals surface area contributed by atoms with E-state index in [1.807, 2.05) is 13.0 Å². The highest BCUT2D eigenvalue weighted by Gasteiger charge is 2.00. The number of hydrogen-bond donors (Lipinski definition) is 1. The van der Waals surface area contributed by atoms with Crippen LogP contribution in [0.25, 0.3) is 0 Å². The van der Waals surface area contributed by atoms with Gasteiger partial charge in [0.15, 0.2) is 0 Å². The third-order valence-electron chi connectivity index (χ3n) is 1.92. The molecule has 12 heavy (non-hydrogen) atoms. The molecule has 0 fully saturated rings. The molecule has 0 bridgehead atoms. The highest BCUT2D eigenvalue weighted by atomic mass is 16.3. The molecule has 0 amide bonds. The van der Waals surface area contributed by atoms with E-state index in [4.69, 9.17) is 5.26 Å². The van der Waals surface area contributed by atoms with Crippen molar-refractivity contribution in [1.82, 2.24) is 0 Å². The van der Waals surface area contributed by atoms with Crippen LogP contribution in [-0.4, -0.2) is 5.11 Å². The normalized spacial score (nSPS) is 9.33. The number of nitrogens with zero attached hydrogens (tertiary/aromatic N) is 1. The number of phenolic OH excluding ortho intramolecular Hbond substituents is 1. The van der Waals surface area contributed by atoms with E-state index >= 15 is 0 Å². The topological polar surface area (TPSA) is 44.0 Å². The van der Waals surface area contributed by atoms with E-state index in [0.717, 1.165) is 17.5 Å². The minimum absolute atomic E-state index is 0.311. The van der Waals surface area contributed by atoms with Gasteiger partial charge in [-0.2, -0.15) is 5.26 Å². The van der Waals surface area contributed by atoms with Crippen LogP contribution < -0.4 is 0 Å². The summed E-state index contributed by atoms with van der Waals surface area (Å²) in [6, 6.07) is 7.48. The molecule has 0 saturated heterocycles. The first-order chi connectivity index (χ1) is 5.75. The molecule has 0 unspecified atom stereocenters. The van der Waals surface area contributed by atoms with Gasteiger partial charge in [0.2, 0.25) is 0 Å². The second-order valence-electron chi connectivity index (χ2n) is 2.72. The van der Waals surface area contributed by atoms with Gasteiger partial charge >= 0.3 is 0 Å². The second kappa shape index (κ2) is 3.77. The van der Waals surface area contributed by atoms with E-state index < -0.39 is 0 Å². The molecule has 1 N–H and O–H groups in total. The molecule has 0 aromatic heterocycles. The summed E-state index contributed by atoms with van der Waals surface area (Å²) in [4.78, 5) is 0. The van der Waals surface area contributed by atoms with E-state index in [1.54, 1.807) is 12.1 Å². The zero-order chi connectivity index (χ0) is 8.97. The second-order valence-corrected chi connectivity index (χ2v) is 2.72. The van der Waals surface area contributed by atoms with Crippen molar-refractivity contribution < 1.29 is 5.11 Å². The van der Waals surface area contributed by atoms with Crippen LogP contribution in [0.15, 0.2) is 18.2 Å². The SMILES string of the molecule is Cc1c(O)cccc1CCC#N. The fourth-order valence-corrected chi connectivity index (χ4v) is 1.13. The molecular formula is C10H11NO. The summed E-state index contributed by atoms with van der Waals surface area (Å²) < 4.78 is 0. The summed E-state index contributed by atoms with van der Waals surface area (Å²) >= 11 is 0. The summed E-state index contributed by atoms with van der Waals surface area (Å²) in [5.41, 5.74) is 1.93. The monoisotopic (exact) mass is 161 g/mol. The van der Waals surface area contributed by atoms with Gasteiger partial charge in [0.25, 0.3) is 0 Å². The van der Waals surface area contributed by atoms with Gasteiger partial charge in [-0.15, -0.1) is 0 Å². The van der Waals surface area contributed by atoms with E-state index in [2.05, 4.69) is 6.07 Å². The van der Waals surface area contributed by atoms with Crippen molar-refractivity contribution in [2.45, 2.75) is 19.8 Å². The summed E-state index contributed by atoms with van der Waals surface area (Å²) in [7, 11) is 0. The molecule has 0 aliphatic carbocycles. The predicted octanol–water partition coefficient (Wildman–Crippen LogP) is 2.16. The molecular weight excluding hydrogens is 150 g/mol. The van der Waals surface area contributed by atoms with Gasteiger partial charge in [-0.25, -0.2) is 0 Å². The average Bonchev–Trinajstić information content (AvgIpc) is 2.08. The fourth-order valence-electron chi connectivity index (χ4n) is 1.13. The number of aromatic hydroxyl groups is 1. The first-order valence-corrected chi connectivity index (χ1v) is 3.90. The maximum absolute atomic E-state index is 9.32. The maximum Gasteiger partial charge on any atom is 0.118 e. The Morgan fingerprint density at radius 3 is 2.92 bits per heavy atom. The minimum Gasteiger partial charge on any atom is -0.508 e. The molecule has 1 aromatic carbocycles. The van der Waals surface area contributed by atoms with E-state index in [-0.39, 0.29) is 0 Å². The smallest absolute Gasteiger partial charge is 0.118 e. The third kappa shape index (κ3) is 1.76. The van der Waals surface area contributed by atoms with E-state index in [1.165, 1.54) is 0 Å². The molecule has 0 spiro atoms.